The van der Waals surface area contributed by atoms with Gasteiger partial charge in [0.2, 0.25) is 0 Å². The van der Waals surface area contributed by atoms with Crippen molar-refractivity contribution in [2.75, 3.05) is 32.7 Å². The lowest BCUT2D eigenvalue weighted by atomic mass is 10.0. The molecule has 0 aromatic carbocycles. The molecule has 2 fully saturated rings. The normalized spacial score (nSPS) is 28.4. The molecule has 0 aromatic rings. The molecule has 4 heteroatoms. The number of nitriles is 1. The summed E-state index contributed by atoms with van der Waals surface area (Å²) in [5, 5.41) is 12.9. The van der Waals surface area contributed by atoms with Gasteiger partial charge in [-0.15, -0.1) is 0 Å². The fraction of sp³-hybridized carbons (Fsp3) is 0.938. The van der Waals surface area contributed by atoms with Crippen molar-refractivity contribution in [2.45, 2.75) is 64.1 Å². The summed E-state index contributed by atoms with van der Waals surface area (Å²) in [6.45, 7) is 11.9. The predicted molar refractivity (Wildman–Crippen MR) is 82.6 cm³/mol. The van der Waals surface area contributed by atoms with E-state index in [1.165, 1.54) is 38.8 Å². The summed E-state index contributed by atoms with van der Waals surface area (Å²) >= 11 is 0. The molecule has 0 aromatic heterocycles. The van der Waals surface area contributed by atoms with Gasteiger partial charge >= 0.3 is 0 Å². The van der Waals surface area contributed by atoms with Crippen LogP contribution in [0.2, 0.25) is 0 Å². The lowest BCUT2D eigenvalue weighted by molar-refractivity contribution is 0.157. The van der Waals surface area contributed by atoms with Crippen molar-refractivity contribution in [3.63, 3.8) is 0 Å². The van der Waals surface area contributed by atoms with Gasteiger partial charge in [-0.2, -0.15) is 5.26 Å². The van der Waals surface area contributed by atoms with Crippen LogP contribution in [0.4, 0.5) is 0 Å². The predicted octanol–water partition coefficient (Wildman–Crippen LogP) is 1.83. The first-order valence-electron chi connectivity index (χ1n) is 8.18. The van der Waals surface area contributed by atoms with Crippen molar-refractivity contribution in [1.82, 2.24) is 15.1 Å². The lowest BCUT2D eigenvalue weighted by Crippen LogP contribution is -2.53. The molecule has 0 saturated carbocycles. The van der Waals surface area contributed by atoms with E-state index in [-0.39, 0.29) is 0 Å². The van der Waals surface area contributed by atoms with E-state index < -0.39 is 5.54 Å². The number of rotatable bonds is 5. The Morgan fingerprint density at radius 2 is 1.95 bits per heavy atom. The average Bonchev–Trinajstić information content (AvgIpc) is 2.87. The van der Waals surface area contributed by atoms with Crippen molar-refractivity contribution in [2.24, 2.45) is 0 Å². The molecule has 114 valence electrons. The van der Waals surface area contributed by atoms with E-state index in [0.717, 1.165) is 25.7 Å². The molecule has 2 heterocycles. The molecular formula is C16H30N4. The van der Waals surface area contributed by atoms with Crippen molar-refractivity contribution < 1.29 is 0 Å². The fourth-order valence-corrected chi connectivity index (χ4v) is 3.74. The number of hydrogen-bond donors (Lipinski definition) is 1. The third-order valence-corrected chi connectivity index (χ3v) is 4.55. The molecule has 1 N–H and O–H groups in total. The third kappa shape index (κ3) is 4.18. The molecule has 2 atom stereocenters. The van der Waals surface area contributed by atoms with Crippen LogP contribution in [0.25, 0.3) is 0 Å². The quantitative estimate of drug-likeness (QED) is 0.833. The van der Waals surface area contributed by atoms with Crippen molar-refractivity contribution >= 4 is 0 Å². The summed E-state index contributed by atoms with van der Waals surface area (Å²) < 4.78 is 0. The molecule has 0 bridgehead atoms. The Morgan fingerprint density at radius 3 is 2.55 bits per heavy atom. The van der Waals surface area contributed by atoms with Crippen LogP contribution >= 0.6 is 0 Å². The van der Waals surface area contributed by atoms with E-state index in [0.29, 0.717) is 6.04 Å². The Morgan fingerprint density at radius 1 is 1.25 bits per heavy atom. The summed E-state index contributed by atoms with van der Waals surface area (Å²) in [7, 11) is 0. The smallest absolute Gasteiger partial charge is 0.116 e. The highest BCUT2D eigenvalue weighted by Crippen LogP contribution is 2.21. The van der Waals surface area contributed by atoms with Crippen LogP contribution in [0.1, 0.15) is 46.5 Å². The maximum absolute atomic E-state index is 9.46. The van der Waals surface area contributed by atoms with Gasteiger partial charge in [-0.1, -0.05) is 6.42 Å². The first-order chi connectivity index (χ1) is 9.52. The van der Waals surface area contributed by atoms with Gasteiger partial charge in [-0.3, -0.25) is 15.1 Å². The Bertz CT molecular complexity index is 343. The maximum Gasteiger partial charge on any atom is 0.116 e. The van der Waals surface area contributed by atoms with Gasteiger partial charge in [-0.05, 0) is 59.7 Å². The van der Waals surface area contributed by atoms with Crippen LogP contribution in [0.5, 0.6) is 0 Å². The Labute approximate surface area is 124 Å². The van der Waals surface area contributed by atoms with E-state index in [9.17, 15) is 5.26 Å². The highest BCUT2D eigenvalue weighted by molar-refractivity contribution is 5.07. The van der Waals surface area contributed by atoms with Crippen LogP contribution in [0, 0.1) is 11.3 Å². The highest BCUT2D eigenvalue weighted by atomic mass is 15.3. The summed E-state index contributed by atoms with van der Waals surface area (Å²) in [4.78, 5) is 5.14. The van der Waals surface area contributed by atoms with Crippen molar-refractivity contribution in [3.8, 4) is 6.07 Å². The molecule has 4 nitrogen and oxygen atoms in total. The summed E-state index contributed by atoms with van der Waals surface area (Å²) in [6.07, 6.45) is 5.39. The van der Waals surface area contributed by atoms with E-state index in [1.807, 2.05) is 6.92 Å². The van der Waals surface area contributed by atoms with Gasteiger partial charge < -0.3 is 0 Å². The van der Waals surface area contributed by atoms with Crippen molar-refractivity contribution in [3.05, 3.63) is 0 Å². The van der Waals surface area contributed by atoms with Crippen LogP contribution in [-0.4, -0.2) is 60.1 Å². The minimum atomic E-state index is -0.426. The minimum absolute atomic E-state index is 0.347. The number of nitrogens with one attached hydrogen (secondary N) is 1. The summed E-state index contributed by atoms with van der Waals surface area (Å²) in [6, 6.07) is 3.53. The lowest BCUT2D eigenvalue weighted by Gasteiger charge is -2.33. The Hall–Kier alpha value is -0.630. The number of nitrogens with zero attached hydrogens (tertiary/aromatic N) is 3. The largest absolute Gasteiger partial charge is 0.299 e. The van der Waals surface area contributed by atoms with E-state index in [4.69, 9.17) is 0 Å². The Kier molecular flexibility index (Phi) is 5.42. The van der Waals surface area contributed by atoms with E-state index in [1.54, 1.807) is 0 Å². The first kappa shape index (κ1) is 15.8. The number of piperidine rings is 1. The summed E-state index contributed by atoms with van der Waals surface area (Å²) in [5.41, 5.74) is -0.426. The zero-order chi connectivity index (χ0) is 14.6. The second-order valence-corrected chi connectivity index (χ2v) is 7.02. The zero-order valence-electron chi connectivity index (χ0n) is 13.4. The molecule has 2 rings (SSSR count). The van der Waals surface area contributed by atoms with Gasteiger partial charge in [0.15, 0.2) is 0 Å². The minimum Gasteiger partial charge on any atom is -0.299 e. The van der Waals surface area contributed by atoms with Gasteiger partial charge in [0, 0.05) is 25.2 Å². The van der Waals surface area contributed by atoms with Gasteiger partial charge in [0.1, 0.15) is 5.54 Å². The molecular weight excluding hydrogens is 248 g/mol. The average molecular weight is 278 g/mol. The molecule has 0 spiro atoms. The maximum atomic E-state index is 9.46. The van der Waals surface area contributed by atoms with Crippen LogP contribution < -0.4 is 5.32 Å². The van der Waals surface area contributed by atoms with E-state index >= 15 is 0 Å². The second-order valence-electron chi connectivity index (χ2n) is 7.02. The topological polar surface area (TPSA) is 42.3 Å². The van der Waals surface area contributed by atoms with Gasteiger partial charge in [0.25, 0.3) is 0 Å². The van der Waals surface area contributed by atoms with E-state index in [2.05, 4.69) is 35.0 Å². The molecule has 0 amide bonds. The molecule has 0 aliphatic carbocycles. The van der Waals surface area contributed by atoms with Crippen LogP contribution in [0.3, 0.4) is 0 Å². The SMILES string of the molecule is CC(C)NC(C)(C#N)CN1CCC(N2CCCCC2)C1. The monoisotopic (exact) mass is 278 g/mol. The highest BCUT2D eigenvalue weighted by Gasteiger charge is 2.33. The zero-order valence-corrected chi connectivity index (χ0v) is 13.4. The third-order valence-electron chi connectivity index (χ3n) is 4.55. The first-order valence-corrected chi connectivity index (χ1v) is 8.18. The molecule has 20 heavy (non-hydrogen) atoms. The van der Waals surface area contributed by atoms with Crippen LogP contribution in [-0.2, 0) is 0 Å². The molecule has 2 aliphatic heterocycles. The number of hydrogen-bond acceptors (Lipinski definition) is 4. The van der Waals surface area contributed by atoms with Gasteiger partial charge in [-0.25, -0.2) is 0 Å². The van der Waals surface area contributed by atoms with Crippen LogP contribution in [0.15, 0.2) is 0 Å². The molecule has 2 unspecified atom stereocenters. The fourth-order valence-electron chi connectivity index (χ4n) is 3.74. The van der Waals surface area contributed by atoms with Crippen molar-refractivity contribution in [1.29, 1.82) is 5.26 Å². The summed E-state index contributed by atoms with van der Waals surface area (Å²) in [5.74, 6) is 0. The molecule has 2 saturated heterocycles. The number of likely N-dealkylation sites (tertiary alicyclic amines) is 2. The standard InChI is InChI=1S/C16H30N4/c1-14(2)18-16(3,12-17)13-19-10-7-15(11-19)20-8-5-4-6-9-20/h14-15,18H,4-11,13H2,1-3H3. The van der Waals surface area contributed by atoms with Gasteiger partial charge in [0.05, 0.1) is 6.07 Å². The molecule has 0 radical (unpaired) electrons. The second kappa shape index (κ2) is 6.89. The molecule has 2 aliphatic rings. The Balaban J connectivity index is 1.84.